The fraction of sp³-hybridized carbons (Fsp3) is 0.462. The van der Waals surface area contributed by atoms with E-state index < -0.39 is 23.4 Å². The molecule has 1 atom stereocenters. The Labute approximate surface area is 120 Å². The van der Waals surface area contributed by atoms with Gasteiger partial charge >= 0.3 is 12.2 Å². The molecule has 21 heavy (non-hydrogen) atoms. The lowest BCUT2D eigenvalue weighted by molar-refractivity contribution is -0.137. The van der Waals surface area contributed by atoms with Gasteiger partial charge in [-0.25, -0.2) is 4.79 Å². The van der Waals surface area contributed by atoms with Crippen LogP contribution in [0.4, 0.5) is 23.7 Å². The van der Waals surface area contributed by atoms with Crippen LogP contribution in [0, 0.1) is 0 Å². The Kier molecular flexibility index (Phi) is 5.56. The van der Waals surface area contributed by atoms with Crippen LogP contribution in [0.25, 0.3) is 0 Å². The number of amides is 2. The van der Waals surface area contributed by atoms with Gasteiger partial charge in [0.2, 0.25) is 0 Å². The molecular formula is C13H17F3N2O3. The van der Waals surface area contributed by atoms with Gasteiger partial charge in [-0.05, 0) is 25.1 Å². The molecule has 2 amide bonds. The van der Waals surface area contributed by atoms with Crippen LogP contribution < -0.4 is 10.6 Å². The van der Waals surface area contributed by atoms with Gasteiger partial charge in [-0.3, -0.25) is 0 Å². The third-order valence-electron chi connectivity index (χ3n) is 2.53. The van der Waals surface area contributed by atoms with Crippen LogP contribution >= 0.6 is 0 Å². The molecule has 1 aromatic rings. The normalized spacial score (nSPS) is 14.4. The van der Waals surface area contributed by atoms with E-state index in [9.17, 15) is 23.1 Å². The second kappa shape index (κ2) is 6.77. The number of aliphatic hydroxyl groups is 1. The van der Waals surface area contributed by atoms with Crippen LogP contribution in [0.5, 0.6) is 0 Å². The van der Waals surface area contributed by atoms with Crippen LogP contribution in [0.1, 0.15) is 12.5 Å². The fourth-order valence-corrected chi connectivity index (χ4v) is 1.58. The van der Waals surface area contributed by atoms with E-state index in [1.165, 1.54) is 26.2 Å². The Morgan fingerprint density at radius 1 is 1.38 bits per heavy atom. The topological polar surface area (TPSA) is 70.6 Å². The van der Waals surface area contributed by atoms with Crippen LogP contribution in [0.15, 0.2) is 24.3 Å². The Balaban J connectivity index is 2.60. The summed E-state index contributed by atoms with van der Waals surface area (Å²) in [5, 5.41) is 14.4. The molecule has 0 aliphatic rings. The van der Waals surface area contributed by atoms with E-state index in [-0.39, 0.29) is 18.8 Å². The largest absolute Gasteiger partial charge is 0.416 e. The first-order chi connectivity index (χ1) is 9.64. The van der Waals surface area contributed by atoms with E-state index in [1.807, 2.05) is 0 Å². The molecule has 0 aliphatic heterocycles. The summed E-state index contributed by atoms with van der Waals surface area (Å²) < 4.78 is 42.3. The highest BCUT2D eigenvalue weighted by Gasteiger charge is 2.30. The number of carbonyl (C=O) groups excluding carboxylic acids is 1. The van der Waals surface area contributed by atoms with Crippen molar-refractivity contribution in [2.24, 2.45) is 0 Å². The van der Waals surface area contributed by atoms with E-state index in [4.69, 9.17) is 4.74 Å². The summed E-state index contributed by atoms with van der Waals surface area (Å²) >= 11 is 0. The number of nitrogens with one attached hydrogen (secondary N) is 2. The van der Waals surface area contributed by atoms with Crippen molar-refractivity contribution in [2.75, 3.05) is 25.6 Å². The standard InChI is InChI=1S/C13H17F3N2O3/c1-12(20,8-21-2)7-17-11(19)18-10-5-3-4-9(6-10)13(14,15)16/h3-6,20H,7-8H2,1-2H3,(H2,17,18,19). The molecule has 5 nitrogen and oxygen atoms in total. The maximum atomic E-state index is 12.5. The second-order valence-corrected chi connectivity index (χ2v) is 4.82. The number of rotatable bonds is 5. The number of carbonyl (C=O) groups is 1. The fourth-order valence-electron chi connectivity index (χ4n) is 1.58. The number of ether oxygens (including phenoxy) is 1. The molecule has 118 valence electrons. The first-order valence-electron chi connectivity index (χ1n) is 6.07. The molecule has 0 radical (unpaired) electrons. The first-order valence-corrected chi connectivity index (χ1v) is 6.07. The van der Waals surface area contributed by atoms with Gasteiger partial charge in [-0.15, -0.1) is 0 Å². The molecule has 0 aromatic heterocycles. The average Bonchev–Trinajstić information content (AvgIpc) is 2.36. The van der Waals surface area contributed by atoms with Gasteiger partial charge in [0.25, 0.3) is 0 Å². The number of methoxy groups -OCH3 is 1. The molecule has 1 aromatic carbocycles. The minimum Gasteiger partial charge on any atom is -0.386 e. The maximum absolute atomic E-state index is 12.5. The van der Waals surface area contributed by atoms with Crippen LogP contribution in [0.2, 0.25) is 0 Å². The number of hydrogen-bond donors (Lipinski definition) is 3. The Bertz CT molecular complexity index is 490. The Morgan fingerprint density at radius 3 is 2.62 bits per heavy atom. The van der Waals surface area contributed by atoms with Crippen LogP contribution in [-0.2, 0) is 10.9 Å². The molecule has 0 bridgehead atoms. The highest BCUT2D eigenvalue weighted by atomic mass is 19.4. The van der Waals surface area contributed by atoms with E-state index >= 15 is 0 Å². The first kappa shape index (κ1) is 17.3. The predicted molar refractivity (Wildman–Crippen MR) is 71.0 cm³/mol. The molecule has 0 spiro atoms. The smallest absolute Gasteiger partial charge is 0.386 e. The van der Waals surface area contributed by atoms with Gasteiger partial charge in [-0.2, -0.15) is 13.2 Å². The monoisotopic (exact) mass is 306 g/mol. The van der Waals surface area contributed by atoms with E-state index in [0.717, 1.165) is 12.1 Å². The van der Waals surface area contributed by atoms with Crippen molar-refractivity contribution in [1.82, 2.24) is 5.32 Å². The second-order valence-electron chi connectivity index (χ2n) is 4.82. The molecule has 0 fully saturated rings. The molecule has 0 saturated carbocycles. The summed E-state index contributed by atoms with van der Waals surface area (Å²) in [6.07, 6.45) is -4.48. The van der Waals surface area contributed by atoms with Gasteiger partial charge in [0.15, 0.2) is 0 Å². The number of urea groups is 1. The number of benzene rings is 1. The SMILES string of the molecule is COCC(C)(O)CNC(=O)Nc1cccc(C(F)(F)F)c1. The highest BCUT2D eigenvalue weighted by Crippen LogP contribution is 2.30. The van der Waals surface area contributed by atoms with Crippen molar-refractivity contribution >= 4 is 11.7 Å². The van der Waals surface area contributed by atoms with Crippen molar-refractivity contribution < 1.29 is 27.8 Å². The quantitative estimate of drug-likeness (QED) is 0.781. The van der Waals surface area contributed by atoms with Crippen molar-refractivity contribution in [1.29, 1.82) is 0 Å². The zero-order valence-electron chi connectivity index (χ0n) is 11.6. The average molecular weight is 306 g/mol. The minimum atomic E-state index is -4.48. The summed E-state index contributed by atoms with van der Waals surface area (Å²) in [7, 11) is 1.40. The number of anilines is 1. The van der Waals surface area contributed by atoms with E-state index in [2.05, 4.69) is 10.6 Å². The molecular weight excluding hydrogens is 289 g/mol. The molecule has 1 unspecified atom stereocenters. The summed E-state index contributed by atoms with van der Waals surface area (Å²) in [5.74, 6) is 0. The number of alkyl halides is 3. The predicted octanol–water partition coefficient (Wildman–Crippen LogP) is 2.22. The highest BCUT2D eigenvalue weighted by molar-refractivity contribution is 5.89. The Hall–Kier alpha value is -1.80. The zero-order valence-corrected chi connectivity index (χ0v) is 11.6. The lowest BCUT2D eigenvalue weighted by Gasteiger charge is -2.22. The van der Waals surface area contributed by atoms with Gasteiger partial charge < -0.3 is 20.5 Å². The van der Waals surface area contributed by atoms with E-state index in [0.29, 0.717) is 0 Å². The molecule has 8 heteroatoms. The summed E-state index contributed by atoms with van der Waals surface area (Å²) in [5.41, 5.74) is -2.11. The summed E-state index contributed by atoms with van der Waals surface area (Å²) in [4.78, 5) is 11.6. The van der Waals surface area contributed by atoms with Gasteiger partial charge in [0, 0.05) is 12.8 Å². The molecule has 0 aliphatic carbocycles. The molecule has 1 rings (SSSR count). The molecule has 3 N–H and O–H groups in total. The summed E-state index contributed by atoms with van der Waals surface area (Å²) in [6, 6.07) is 3.55. The molecule has 0 saturated heterocycles. The minimum absolute atomic E-state index is 0.00806. The van der Waals surface area contributed by atoms with Crippen LogP contribution in [-0.4, -0.2) is 37.0 Å². The summed E-state index contributed by atoms with van der Waals surface area (Å²) in [6.45, 7) is 1.36. The van der Waals surface area contributed by atoms with Crippen molar-refractivity contribution in [2.45, 2.75) is 18.7 Å². The lowest BCUT2D eigenvalue weighted by atomic mass is 10.1. The van der Waals surface area contributed by atoms with Crippen molar-refractivity contribution in [3.05, 3.63) is 29.8 Å². The maximum Gasteiger partial charge on any atom is 0.416 e. The third-order valence-corrected chi connectivity index (χ3v) is 2.53. The lowest BCUT2D eigenvalue weighted by Crippen LogP contribution is -2.45. The van der Waals surface area contributed by atoms with Gasteiger partial charge in [-0.1, -0.05) is 6.07 Å². The van der Waals surface area contributed by atoms with E-state index in [1.54, 1.807) is 0 Å². The van der Waals surface area contributed by atoms with Crippen molar-refractivity contribution in [3.63, 3.8) is 0 Å². The van der Waals surface area contributed by atoms with Gasteiger partial charge in [0.1, 0.15) is 5.60 Å². The molecule has 0 heterocycles. The third kappa shape index (κ3) is 6.01. The zero-order chi connectivity index (χ0) is 16.1. The number of halogens is 3. The van der Waals surface area contributed by atoms with Crippen LogP contribution in [0.3, 0.4) is 0 Å². The number of hydrogen-bond acceptors (Lipinski definition) is 3. The Morgan fingerprint density at radius 2 is 2.05 bits per heavy atom. The van der Waals surface area contributed by atoms with Gasteiger partial charge in [0.05, 0.1) is 18.7 Å². The van der Waals surface area contributed by atoms with Crippen molar-refractivity contribution in [3.8, 4) is 0 Å².